The molecule has 0 fully saturated rings. The monoisotopic (exact) mass is 348 g/mol. The second kappa shape index (κ2) is 6.72. The van der Waals surface area contributed by atoms with Crippen LogP contribution in [0.2, 0.25) is 0 Å². The van der Waals surface area contributed by atoms with E-state index in [1.807, 2.05) is 0 Å². The van der Waals surface area contributed by atoms with Crippen LogP contribution < -0.4 is 5.32 Å². The number of carbonyl (C=O) groups is 1. The lowest BCUT2D eigenvalue weighted by Gasteiger charge is -2.08. The number of fused-ring (bicyclic) bond motifs is 1. The summed E-state index contributed by atoms with van der Waals surface area (Å²) in [5.74, 6) is 1.48. The van der Waals surface area contributed by atoms with Gasteiger partial charge in [0.15, 0.2) is 15.7 Å². The number of nitrogens with one attached hydrogen (secondary N) is 1. The maximum absolute atomic E-state index is 12.2. The van der Waals surface area contributed by atoms with E-state index < -0.39 is 9.84 Å². The fraction of sp³-hybridized carbons (Fsp3) is 0.438. The van der Waals surface area contributed by atoms with Gasteiger partial charge in [-0.3, -0.25) is 4.79 Å². The number of carbonyl (C=O) groups excluding carboxylic acids is 1. The molecule has 128 valence electrons. The van der Waals surface area contributed by atoms with Crippen molar-refractivity contribution >= 4 is 15.7 Å². The molecule has 7 nitrogen and oxygen atoms in total. The molecule has 1 aromatic heterocycles. The van der Waals surface area contributed by atoms with Crippen molar-refractivity contribution in [1.29, 1.82) is 0 Å². The third-order valence-corrected chi connectivity index (χ3v) is 5.27. The number of rotatable bonds is 4. The van der Waals surface area contributed by atoms with Crippen molar-refractivity contribution in [2.75, 3.05) is 6.26 Å². The normalized spacial score (nSPS) is 14.7. The van der Waals surface area contributed by atoms with Crippen molar-refractivity contribution in [3.63, 3.8) is 0 Å². The van der Waals surface area contributed by atoms with Gasteiger partial charge in [-0.2, -0.15) is 0 Å². The number of nitrogens with zero attached hydrogens (tertiary/aromatic N) is 3. The van der Waals surface area contributed by atoms with Gasteiger partial charge in [-0.1, -0.05) is 6.42 Å². The molecule has 0 saturated carbocycles. The van der Waals surface area contributed by atoms with Crippen LogP contribution in [0.5, 0.6) is 0 Å². The SMILES string of the molecule is CS(=O)(=O)c1ccc(C(=O)NCc2nnc3n2CCCCC3)cc1. The molecule has 1 N–H and O–H groups in total. The second-order valence-electron chi connectivity index (χ2n) is 5.97. The first-order chi connectivity index (χ1) is 11.4. The number of hydrogen-bond donors (Lipinski definition) is 1. The van der Waals surface area contributed by atoms with E-state index in [2.05, 4.69) is 20.1 Å². The summed E-state index contributed by atoms with van der Waals surface area (Å²) in [7, 11) is -3.26. The lowest BCUT2D eigenvalue weighted by Crippen LogP contribution is -2.25. The molecule has 0 aliphatic carbocycles. The van der Waals surface area contributed by atoms with Gasteiger partial charge in [0, 0.05) is 24.8 Å². The van der Waals surface area contributed by atoms with Gasteiger partial charge >= 0.3 is 0 Å². The van der Waals surface area contributed by atoms with Gasteiger partial charge < -0.3 is 9.88 Å². The van der Waals surface area contributed by atoms with Crippen molar-refractivity contribution in [3.8, 4) is 0 Å². The lowest BCUT2D eigenvalue weighted by molar-refractivity contribution is 0.0949. The predicted molar refractivity (Wildman–Crippen MR) is 88.3 cm³/mol. The van der Waals surface area contributed by atoms with Crippen LogP contribution in [-0.2, 0) is 29.3 Å². The van der Waals surface area contributed by atoms with Crippen molar-refractivity contribution in [1.82, 2.24) is 20.1 Å². The Morgan fingerprint density at radius 2 is 1.92 bits per heavy atom. The fourth-order valence-corrected chi connectivity index (χ4v) is 3.42. The van der Waals surface area contributed by atoms with E-state index in [-0.39, 0.29) is 10.8 Å². The van der Waals surface area contributed by atoms with Gasteiger partial charge in [0.25, 0.3) is 5.91 Å². The fourth-order valence-electron chi connectivity index (χ4n) is 2.79. The Balaban J connectivity index is 1.67. The van der Waals surface area contributed by atoms with Crippen LogP contribution in [0.1, 0.15) is 41.3 Å². The average Bonchev–Trinajstić information content (AvgIpc) is 2.78. The predicted octanol–water partition coefficient (Wildman–Crippen LogP) is 1.34. The molecule has 0 unspecified atom stereocenters. The maximum Gasteiger partial charge on any atom is 0.251 e. The molecule has 0 atom stereocenters. The summed E-state index contributed by atoms with van der Waals surface area (Å²) in [5.41, 5.74) is 0.415. The quantitative estimate of drug-likeness (QED) is 0.900. The molecule has 0 spiro atoms. The molecule has 1 amide bonds. The van der Waals surface area contributed by atoms with Gasteiger partial charge in [-0.15, -0.1) is 10.2 Å². The summed E-state index contributed by atoms with van der Waals surface area (Å²) in [5, 5.41) is 11.2. The zero-order valence-corrected chi connectivity index (χ0v) is 14.3. The lowest BCUT2D eigenvalue weighted by atomic mass is 10.2. The molecule has 0 bridgehead atoms. The van der Waals surface area contributed by atoms with Crippen LogP contribution in [0.25, 0.3) is 0 Å². The smallest absolute Gasteiger partial charge is 0.251 e. The van der Waals surface area contributed by atoms with Crippen LogP contribution in [0.15, 0.2) is 29.2 Å². The largest absolute Gasteiger partial charge is 0.345 e. The van der Waals surface area contributed by atoms with E-state index >= 15 is 0 Å². The summed E-state index contributed by atoms with van der Waals surface area (Å²) in [4.78, 5) is 12.4. The molecule has 1 aliphatic rings. The first kappa shape index (κ1) is 16.6. The summed E-state index contributed by atoms with van der Waals surface area (Å²) in [6.45, 7) is 1.19. The minimum Gasteiger partial charge on any atom is -0.345 e. The Morgan fingerprint density at radius 3 is 2.62 bits per heavy atom. The van der Waals surface area contributed by atoms with Gasteiger partial charge in [0.2, 0.25) is 0 Å². The summed E-state index contributed by atoms with van der Waals surface area (Å²) >= 11 is 0. The van der Waals surface area contributed by atoms with E-state index in [9.17, 15) is 13.2 Å². The highest BCUT2D eigenvalue weighted by atomic mass is 32.2. The van der Waals surface area contributed by atoms with E-state index in [1.54, 1.807) is 0 Å². The Kier molecular flexibility index (Phi) is 4.66. The number of sulfone groups is 1. The first-order valence-corrected chi connectivity index (χ1v) is 9.83. The van der Waals surface area contributed by atoms with Crippen LogP contribution in [0, 0.1) is 0 Å². The van der Waals surface area contributed by atoms with Crippen molar-refractivity contribution in [3.05, 3.63) is 41.5 Å². The Labute approximate surface area is 141 Å². The summed E-state index contributed by atoms with van der Waals surface area (Å²) < 4.78 is 25.0. The van der Waals surface area contributed by atoms with Crippen molar-refractivity contribution in [2.24, 2.45) is 0 Å². The molecule has 1 aliphatic heterocycles. The Bertz CT molecular complexity index is 841. The number of aryl methyl sites for hydroxylation is 1. The first-order valence-electron chi connectivity index (χ1n) is 7.94. The molecule has 8 heteroatoms. The highest BCUT2D eigenvalue weighted by molar-refractivity contribution is 7.90. The molecule has 24 heavy (non-hydrogen) atoms. The van der Waals surface area contributed by atoms with E-state index in [0.29, 0.717) is 12.1 Å². The third kappa shape index (κ3) is 3.64. The van der Waals surface area contributed by atoms with Crippen LogP contribution in [0.3, 0.4) is 0 Å². The molecule has 1 aromatic carbocycles. The molecule has 0 radical (unpaired) electrons. The third-order valence-electron chi connectivity index (χ3n) is 4.14. The summed E-state index contributed by atoms with van der Waals surface area (Å²) in [6.07, 6.45) is 5.46. The highest BCUT2D eigenvalue weighted by Gasteiger charge is 2.16. The van der Waals surface area contributed by atoms with E-state index in [4.69, 9.17) is 0 Å². The second-order valence-corrected chi connectivity index (χ2v) is 7.99. The number of amides is 1. The van der Waals surface area contributed by atoms with E-state index in [1.165, 1.54) is 30.7 Å². The standard InChI is InChI=1S/C16H20N4O3S/c1-24(22,23)13-8-6-12(7-9-13)16(21)17-11-15-19-18-14-5-3-2-4-10-20(14)15/h6-9H,2-5,10-11H2,1H3,(H,17,21). The van der Waals surface area contributed by atoms with Crippen molar-refractivity contribution in [2.45, 2.75) is 43.7 Å². The molecular formula is C16H20N4O3S. The van der Waals surface area contributed by atoms with E-state index in [0.717, 1.165) is 43.7 Å². The summed E-state index contributed by atoms with van der Waals surface area (Å²) in [6, 6.07) is 5.90. The average molecular weight is 348 g/mol. The Morgan fingerprint density at radius 1 is 1.17 bits per heavy atom. The van der Waals surface area contributed by atoms with Gasteiger partial charge in [0.1, 0.15) is 5.82 Å². The molecule has 3 rings (SSSR count). The van der Waals surface area contributed by atoms with Crippen molar-refractivity contribution < 1.29 is 13.2 Å². The molecule has 2 aromatic rings. The molecular weight excluding hydrogens is 328 g/mol. The zero-order chi connectivity index (χ0) is 17.2. The molecule has 0 saturated heterocycles. The number of aromatic nitrogens is 3. The topological polar surface area (TPSA) is 93.9 Å². The maximum atomic E-state index is 12.2. The highest BCUT2D eigenvalue weighted by Crippen LogP contribution is 2.14. The van der Waals surface area contributed by atoms with Gasteiger partial charge in [-0.25, -0.2) is 8.42 Å². The van der Waals surface area contributed by atoms with Crippen LogP contribution in [-0.4, -0.2) is 35.3 Å². The van der Waals surface area contributed by atoms with Gasteiger partial charge in [-0.05, 0) is 37.1 Å². The number of benzene rings is 1. The minimum atomic E-state index is -3.26. The van der Waals surface area contributed by atoms with Crippen LogP contribution in [0.4, 0.5) is 0 Å². The van der Waals surface area contributed by atoms with Crippen LogP contribution >= 0.6 is 0 Å². The number of hydrogen-bond acceptors (Lipinski definition) is 5. The molecule has 2 heterocycles. The Hall–Kier alpha value is -2.22. The zero-order valence-electron chi connectivity index (χ0n) is 13.5. The minimum absolute atomic E-state index is 0.196. The van der Waals surface area contributed by atoms with Gasteiger partial charge in [0.05, 0.1) is 11.4 Å².